The molecule has 1 aromatic carbocycles. The normalized spacial score (nSPS) is 11.1. The summed E-state index contributed by atoms with van der Waals surface area (Å²) >= 11 is 0. The number of aliphatic hydroxyl groups is 1. The Morgan fingerprint density at radius 3 is 2.65 bits per heavy atom. The van der Waals surface area contributed by atoms with Crippen LogP contribution in [0.3, 0.4) is 0 Å². The Kier molecular flexibility index (Phi) is 5.34. The Hall–Kier alpha value is -1.81. The molecular formula is C16H24N2O2. The predicted molar refractivity (Wildman–Crippen MR) is 82.4 cm³/mol. The lowest BCUT2D eigenvalue weighted by Crippen LogP contribution is -2.47. The molecule has 4 heteroatoms. The minimum atomic E-state index is -0.494. The highest BCUT2D eigenvalue weighted by atomic mass is 16.3. The lowest BCUT2D eigenvalue weighted by molar-refractivity contribution is 0.181. The highest BCUT2D eigenvalue weighted by molar-refractivity contribution is 5.75. The molecule has 0 spiro atoms. The number of rotatable bonds is 5. The van der Waals surface area contributed by atoms with E-state index < -0.39 is 5.54 Å². The lowest BCUT2D eigenvalue weighted by Gasteiger charge is -2.30. The van der Waals surface area contributed by atoms with E-state index in [0.717, 1.165) is 16.7 Å². The van der Waals surface area contributed by atoms with Gasteiger partial charge in [-0.05, 0) is 38.0 Å². The van der Waals surface area contributed by atoms with E-state index in [1.54, 1.807) is 7.05 Å². The fourth-order valence-corrected chi connectivity index (χ4v) is 1.86. The first-order valence-corrected chi connectivity index (χ1v) is 6.68. The molecule has 0 fully saturated rings. The second-order valence-electron chi connectivity index (χ2n) is 5.56. The molecule has 0 unspecified atom stereocenters. The van der Waals surface area contributed by atoms with E-state index in [1.165, 1.54) is 4.90 Å². The van der Waals surface area contributed by atoms with E-state index >= 15 is 0 Å². The van der Waals surface area contributed by atoms with Crippen molar-refractivity contribution in [2.24, 2.45) is 0 Å². The molecule has 0 aliphatic rings. The van der Waals surface area contributed by atoms with Crippen LogP contribution >= 0.6 is 0 Å². The number of benzene rings is 1. The van der Waals surface area contributed by atoms with Gasteiger partial charge in [0.2, 0.25) is 0 Å². The third-order valence-corrected chi connectivity index (χ3v) is 3.28. The zero-order valence-corrected chi connectivity index (χ0v) is 12.7. The number of carbonyl (C=O) groups is 1. The van der Waals surface area contributed by atoms with Gasteiger partial charge in [-0.2, -0.15) is 0 Å². The summed E-state index contributed by atoms with van der Waals surface area (Å²) in [6, 6.07) is 7.78. The fraction of sp³-hybridized carbons (Fsp3) is 0.438. The molecule has 0 radical (unpaired) electrons. The summed E-state index contributed by atoms with van der Waals surface area (Å²) in [6.45, 7) is 10.1. The highest BCUT2D eigenvalue weighted by Gasteiger charge is 2.24. The molecule has 4 nitrogen and oxygen atoms in total. The first-order valence-electron chi connectivity index (χ1n) is 6.68. The van der Waals surface area contributed by atoms with Crippen LogP contribution < -0.4 is 5.32 Å². The average Bonchev–Trinajstić information content (AvgIpc) is 2.38. The molecule has 110 valence electrons. The van der Waals surface area contributed by atoms with Crippen LogP contribution in [0, 0.1) is 0 Å². The van der Waals surface area contributed by atoms with Crippen LogP contribution in [0.1, 0.15) is 31.9 Å². The summed E-state index contributed by atoms with van der Waals surface area (Å²) in [6.07, 6.45) is 0. The van der Waals surface area contributed by atoms with Crippen LogP contribution in [-0.2, 0) is 5.54 Å². The number of amides is 2. The Labute approximate surface area is 121 Å². The molecule has 0 aromatic heterocycles. The summed E-state index contributed by atoms with van der Waals surface area (Å²) < 4.78 is 0. The molecule has 0 saturated heterocycles. The Morgan fingerprint density at radius 1 is 1.45 bits per heavy atom. The van der Waals surface area contributed by atoms with Crippen LogP contribution in [0.2, 0.25) is 0 Å². The highest BCUT2D eigenvalue weighted by Crippen LogP contribution is 2.23. The average molecular weight is 276 g/mol. The van der Waals surface area contributed by atoms with Crippen molar-refractivity contribution in [1.82, 2.24) is 10.2 Å². The quantitative estimate of drug-likeness (QED) is 0.868. The molecule has 0 aliphatic carbocycles. The summed E-state index contributed by atoms with van der Waals surface area (Å²) in [5.41, 5.74) is 2.58. The number of carbonyl (C=O) groups excluding carboxylic acids is 1. The minimum Gasteiger partial charge on any atom is -0.395 e. The first-order chi connectivity index (χ1) is 9.27. The molecule has 0 bridgehead atoms. The Bertz CT molecular complexity index is 495. The van der Waals surface area contributed by atoms with Crippen molar-refractivity contribution in [2.75, 3.05) is 20.2 Å². The standard InChI is InChI=1S/C16H24N2O2/c1-12(2)13-7-6-8-14(11-13)16(3,4)17-15(20)18(5)9-10-19/h6-8,11,19H,1,9-10H2,2-5H3,(H,17,20). The van der Waals surface area contributed by atoms with Crippen LogP contribution in [0.25, 0.3) is 5.57 Å². The van der Waals surface area contributed by atoms with E-state index in [2.05, 4.69) is 11.9 Å². The summed E-state index contributed by atoms with van der Waals surface area (Å²) in [5.74, 6) is 0. The summed E-state index contributed by atoms with van der Waals surface area (Å²) in [5, 5.41) is 11.8. The van der Waals surface area contributed by atoms with Gasteiger partial charge in [0, 0.05) is 13.6 Å². The van der Waals surface area contributed by atoms with E-state index in [-0.39, 0.29) is 12.6 Å². The van der Waals surface area contributed by atoms with Gasteiger partial charge in [-0.15, -0.1) is 0 Å². The second kappa shape index (κ2) is 6.57. The van der Waals surface area contributed by atoms with Crippen molar-refractivity contribution in [3.63, 3.8) is 0 Å². The summed E-state index contributed by atoms with van der Waals surface area (Å²) in [7, 11) is 1.66. The predicted octanol–water partition coefficient (Wildman–Crippen LogP) is 2.59. The number of nitrogens with one attached hydrogen (secondary N) is 1. The first kappa shape index (κ1) is 16.2. The number of nitrogens with zero attached hydrogens (tertiary/aromatic N) is 1. The van der Waals surface area contributed by atoms with Gasteiger partial charge in [-0.3, -0.25) is 0 Å². The molecule has 0 atom stereocenters. The lowest BCUT2D eigenvalue weighted by atomic mass is 9.92. The van der Waals surface area contributed by atoms with E-state index in [1.807, 2.05) is 45.0 Å². The number of likely N-dealkylation sites (N-methyl/N-ethyl adjacent to an activating group) is 1. The van der Waals surface area contributed by atoms with Gasteiger partial charge in [0.25, 0.3) is 0 Å². The maximum Gasteiger partial charge on any atom is 0.317 e. The fourth-order valence-electron chi connectivity index (χ4n) is 1.86. The van der Waals surface area contributed by atoms with Gasteiger partial charge in [0.15, 0.2) is 0 Å². The number of aliphatic hydroxyl groups excluding tert-OH is 1. The molecule has 1 rings (SSSR count). The van der Waals surface area contributed by atoms with Gasteiger partial charge in [-0.1, -0.05) is 30.4 Å². The molecule has 0 aliphatic heterocycles. The zero-order chi connectivity index (χ0) is 15.3. The second-order valence-corrected chi connectivity index (χ2v) is 5.56. The van der Waals surface area contributed by atoms with Crippen molar-refractivity contribution in [1.29, 1.82) is 0 Å². The summed E-state index contributed by atoms with van der Waals surface area (Å²) in [4.78, 5) is 13.5. The van der Waals surface area contributed by atoms with Crippen LogP contribution in [0.5, 0.6) is 0 Å². The third kappa shape index (κ3) is 4.10. The van der Waals surface area contributed by atoms with Gasteiger partial charge >= 0.3 is 6.03 Å². The molecule has 1 aromatic rings. The van der Waals surface area contributed by atoms with Crippen molar-refractivity contribution in [3.05, 3.63) is 42.0 Å². The number of hydrogen-bond acceptors (Lipinski definition) is 2. The molecule has 20 heavy (non-hydrogen) atoms. The number of hydrogen-bond donors (Lipinski definition) is 2. The van der Waals surface area contributed by atoms with Crippen molar-refractivity contribution in [2.45, 2.75) is 26.3 Å². The molecule has 2 N–H and O–H groups in total. The Morgan fingerprint density at radius 2 is 2.10 bits per heavy atom. The van der Waals surface area contributed by atoms with Crippen LogP contribution in [-0.4, -0.2) is 36.2 Å². The van der Waals surface area contributed by atoms with Gasteiger partial charge in [-0.25, -0.2) is 4.79 Å². The molecule has 0 saturated carbocycles. The Balaban J connectivity index is 2.90. The monoisotopic (exact) mass is 276 g/mol. The van der Waals surface area contributed by atoms with Gasteiger partial charge in [0.1, 0.15) is 0 Å². The minimum absolute atomic E-state index is 0.0461. The van der Waals surface area contributed by atoms with Crippen molar-refractivity contribution < 1.29 is 9.90 Å². The van der Waals surface area contributed by atoms with E-state index in [4.69, 9.17) is 5.11 Å². The molecule has 0 heterocycles. The largest absolute Gasteiger partial charge is 0.395 e. The third-order valence-electron chi connectivity index (χ3n) is 3.28. The van der Waals surface area contributed by atoms with Crippen LogP contribution in [0.4, 0.5) is 4.79 Å². The molecular weight excluding hydrogens is 252 g/mol. The van der Waals surface area contributed by atoms with Crippen LogP contribution in [0.15, 0.2) is 30.8 Å². The number of allylic oxidation sites excluding steroid dienone is 1. The van der Waals surface area contributed by atoms with Gasteiger partial charge < -0.3 is 15.3 Å². The maximum atomic E-state index is 12.0. The zero-order valence-electron chi connectivity index (χ0n) is 12.7. The number of urea groups is 1. The van der Waals surface area contributed by atoms with Gasteiger partial charge in [0.05, 0.1) is 12.1 Å². The van der Waals surface area contributed by atoms with E-state index in [9.17, 15) is 4.79 Å². The van der Waals surface area contributed by atoms with E-state index in [0.29, 0.717) is 6.54 Å². The SMILES string of the molecule is C=C(C)c1cccc(C(C)(C)NC(=O)N(C)CCO)c1. The maximum absolute atomic E-state index is 12.0. The van der Waals surface area contributed by atoms with Crippen molar-refractivity contribution in [3.8, 4) is 0 Å². The topological polar surface area (TPSA) is 52.6 Å². The smallest absolute Gasteiger partial charge is 0.317 e. The van der Waals surface area contributed by atoms with Crippen molar-refractivity contribution >= 4 is 11.6 Å². The molecule has 2 amide bonds.